The van der Waals surface area contributed by atoms with Gasteiger partial charge < -0.3 is 15.5 Å². The molecule has 0 bridgehead atoms. The summed E-state index contributed by atoms with van der Waals surface area (Å²) in [6.07, 6.45) is 7.62. The molecule has 2 heterocycles. The fraction of sp³-hybridized carbons (Fsp3) is 0.345. The number of aromatic nitrogens is 1. The van der Waals surface area contributed by atoms with Gasteiger partial charge in [-0.15, -0.1) is 0 Å². The number of nitrogens with zero attached hydrogens (tertiary/aromatic N) is 1. The topological polar surface area (TPSA) is 71.3 Å². The van der Waals surface area contributed by atoms with Crippen molar-refractivity contribution in [2.24, 2.45) is 5.73 Å². The minimum Gasteiger partial charge on any atom is -0.488 e. The van der Waals surface area contributed by atoms with E-state index in [1.807, 2.05) is 18.2 Å². The average Bonchev–Trinajstić information content (AvgIpc) is 3.60. The number of hydrogen-bond donors (Lipinski definition) is 2. The van der Waals surface area contributed by atoms with E-state index in [0.29, 0.717) is 39.9 Å². The fourth-order valence-electron chi connectivity index (χ4n) is 5.48. The number of ether oxygens (including phenoxy) is 1. The third-order valence-corrected chi connectivity index (χ3v) is 7.31. The molecule has 2 fully saturated rings. The molecule has 1 saturated heterocycles. The molecule has 1 aromatic heterocycles. The van der Waals surface area contributed by atoms with Gasteiger partial charge in [-0.05, 0) is 50.5 Å². The third kappa shape index (κ3) is 4.63. The number of hydrogen-bond acceptors (Lipinski definition) is 4. The molecule has 3 aromatic rings. The molecule has 2 aromatic carbocycles. The van der Waals surface area contributed by atoms with Crippen molar-refractivity contribution in [2.45, 2.75) is 51.2 Å². The van der Waals surface area contributed by atoms with Gasteiger partial charge >= 0.3 is 0 Å². The molecule has 1 atom stereocenters. The van der Waals surface area contributed by atoms with Gasteiger partial charge in [0.2, 0.25) is 5.78 Å². The lowest BCUT2D eigenvalue weighted by atomic mass is 10.0. The number of nitrogens with one attached hydrogen (secondary N) is 1. The number of benzene rings is 2. The maximum absolute atomic E-state index is 14.9. The normalized spacial score (nSPS) is 19.8. The SMILES string of the molecule is C=C/C(C(=O)c1cc2cc(OC3CCN(C4CCCC4)C3)c(-c3ccccc3F)cc2[nH]1)=C(\C)N. The molecule has 0 amide bonds. The van der Waals surface area contributed by atoms with Crippen molar-refractivity contribution in [1.82, 2.24) is 9.88 Å². The number of H-pyrrole nitrogens is 1. The Kier molecular flexibility index (Phi) is 6.48. The van der Waals surface area contributed by atoms with E-state index in [-0.39, 0.29) is 17.7 Å². The second-order valence-corrected chi connectivity index (χ2v) is 9.69. The fourth-order valence-corrected chi connectivity index (χ4v) is 5.48. The van der Waals surface area contributed by atoms with Crippen LogP contribution in [0, 0.1) is 5.82 Å². The molecule has 5 nitrogen and oxygen atoms in total. The van der Waals surface area contributed by atoms with E-state index in [9.17, 15) is 9.18 Å². The minimum absolute atomic E-state index is 0.0498. The summed E-state index contributed by atoms with van der Waals surface area (Å²) in [5.41, 5.74) is 8.93. The lowest BCUT2D eigenvalue weighted by Gasteiger charge is -2.24. The maximum Gasteiger partial charge on any atom is 0.210 e. The van der Waals surface area contributed by atoms with Crippen LogP contribution < -0.4 is 10.5 Å². The number of carbonyl (C=O) groups excluding carboxylic acids is 1. The second kappa shape index (κ2) is 9.70. The summed E-state index contributed by atoms with van der Waals surface area (Å²) >= 11 is 0. The Labute approximate surface area is 205 Å². The quantitative estimate of drug-likeness (QED) is 0.252. The van der Waals surface area contributed by atoms with Crippen LogP contribution in [0.15, 0.2) is 66.4 Å². The van der Waals surface area contributed by atoms with Crippen molar-refractivity contribution in [3.05, 3.63) is 77.9 Å². The Morgan fingerprint density at radius 3 is 2.66 bits per heavy atom. The predicted molar refractivity (Wildman–Crippen MR) is 138 cm³/mol. The monoisotopic (exact) mass is 473 g/mol. The van der Waals surface area contributed by atoms with Crippen molar-refractivity contribution < 1.29 is 13.9 Å². The van der Waals surface area contributed by atoms with E-state index in [0.717, 1.165) is 30.4 Å². The van der Waals surface area contributed by atoms with Crippen LogP contribution in [0.2, 0.25) is 0 Å². The van der Waals surface area contributed by atoms with Crippen LogP contribution in [-0.4, -0.2) is 40.9 Å². The molecule has 182 valence electrons. The zero-order chi connectivity index (χ0) is 24.5. The van der Waals surface area contributed by atoms with Crippen LogP contribution in [0.3, 0.4) is 0 Å². The van der Waals surface area contributed by atoms with Gasteiger partial charge in [0.25, 0.3) is 0 Å². The van der Waals surface area contributed by atoms with E-state index in [1.54, 1.807) is 25.1 Å². The van der Waals surface area contributed by atoms with Gasteiger partial charge in [0.05, 0.1) is 5.69 Å². The van der Waals surface area contributed by atoms with Crippen molar-refractivity contribution in [2.75, 3.05) is 13.1 Å². The van der Waals surface area contributed by atoms with Crippen LogP contribution in [0.5, 0.6) is 5.75 Å². The summed E-state index contributed by atoms with van der Waals surface area (Å²) in [5.74, 6) is 0.0941. The Balaban J connectivity index is 1.51. The first-order valence-corrected chi connectivity index (χ1v) is 12.4. The molecular weight excluding hydrogens is 441 g/mol. The highest BCUT2D eigenvalue weighted by Crippen LogP contribution is 2.38. The van der Waals surface area contributed by atoms with Gasteiger partial charge in [-0.2, -0.15) is 0 Å². The Morgan fingerprint density at radius 2 is 1.94 bits per heavy atom. The van der Waals surface area contributed by atoms with E-state index < -0.39 is 0 Å². The van der Waals surface area contributed by atoms with E-state index in [4.69, 9.17) is 10.5 Å². The number of nitrogens with two attached hydrogens (primary N) is 1. The van der Waals surface area contributed by atoms with Gasteiger partial charge in [-0.25, -0.2) is 4.39 Å². The summed E-state index contributed by atoms with van der Waals surface area (Å²) in [6, 6.07) is 12.9. The number of rotatable bonds is 7. The van der Waals surface area contributed by atoms with Crippen LogP contribution in [0.4, 0.5) is 4.39 Å². The molecule has 5 rings (SSSR count). The Morgan fingerprint density at radius 1 is 1.17 bits per heavy atom. The third-order valence-electron chi connectivity index (χ3n) is 7.31. The molecule has 1 aliphatic heterocycles. The average molecular weight is 474 g/mol. The number of aromatic amines is 1. The highest BCUT2D eigenvalue weighted by Gasteiger charge is 2.31. The number of fused-ring (bicyclic) bond motifs is 1. The molecule has 0 spiro atoms. The van der Waals surface area contributed by atoms with E-state index >= 15 is 0 Å². The number of allylic oxidation sites excluding steroid dienone is 3. The first-order chi connectivity index (χ1) is 16.9. The van der Waals surface area contributed by atoms with Crippen molar-refractivity contribution in [3.8, 4) is 16.9 Å². The number of likely N-dealkylation sites (tertiary alicyclic amines) is 1. The largest absolute Gasteiger partial charge is 0.488 e. The summed E-state index contributed by atoms with van der Waals surface area (Å²) in [4.78, 5) is 18.7. The molecule has 6 heteroatoms. The van der Waals surface area contributed by atoms with Crippen molar-refractivity contribution in [1.29, 1.82) is 0 Å². The first kappa shape index (κ1) is 23.4. The zero-order valence-corrected chi connectivity index (χ0v) is 20.1. The van der Waals surface area contributed by atoms with Gasteiger partial charge in [-0.3, -0.25) is 9.69 Å². The molecular formula is C29H32FN3O2. The summed E-state index contributed by atoms with van der Waals surface area (Å²) < 4.78 is 21.4. The smallest absolute Gasteiger partial charge is 0.210 e. The van der Waals surface area contributed by atoms with Gasteiger partial charge in [0.15, 0.2) is 0 Å². The molecule has 0 radical (unpaired) electrons. The standard InChI is InChI=1S/C29H32FN3O2/c1-3-22(18(2)31)29(34)27-14-19-15-28(35-21-12-13-33(17-21)20-8-4-5-9-20)24(16-26(19)32-27)23-10-6-7-11-25(23)30/h3,6-7,10-11,14-16,20-21,32H,1,4-5,8-9,12-13,17,31H2,2H3/b22-18-. The molecule has 35 heavy (non-hydrogen) atoms. The number of ketones is 1. The summed E-state index contributed by atoms with van der Waals surface area (Å²) in [7, 11) is 0. The van der Waals surface area contributed by atoms with Crippen LogP contribution in [0.25, 0.3) is 22.0 Å². The lowest BCUT2D eigenvalue weighted by Crippen LogP contribution is -2.32. The molecule has 1 saturated carbocycles. The highest BCUT2D eigenvalue weighted by molar-refractivity contribution is 6.12. The summed E-state index contributed by atoms with van der Waals surface area (Å²) in [6.45, 7) is 7.31. The second-order valence-electron chi connectivity index (χ2n) is 9.69. The van der Waals surface area contributed by atoms with Crippen LogP contribution >= 0.6 is 0 Å². The molecule has 2 aliphatic rings. The highest BCUT2D eigenvalue weighted by atomic mass is 19.1. The van der Waals surface area contributed by atoms with Gasteiger partial charge in [0.1, 0.15) is 17.7 Å². The van der Waals surface area contributed by atoms with Gasteiger partial charge in [-0.1, -0.05) is 43.7 Å². The Hall–Kier alpha value is -3.38. The van der Waals surface area contributed by atoms with Crippen molar-refractivity contribution >= 4 is 16.7 Å². The lowest BCUT2D eigenvalue weighted by molar-refractivity contribution is 0.103. The minimum atomic E-state index is -0.311. The van der Waals surface area contributed by atoms with E-state index in [2.05, 4.69) is 16.5 Å². The zero-order valence-electron chi connectivity index (χ0n) is 20.1. The van der Waals surface area contributed by atoms with Gasteiger partial charge in [0, 0.05) is 52.4 Å². The maximum atomic E-state index is 14.9. The number of halogens is 1. The summed E-state index contributed by atoms with van der Waals surface area (Å²) in [5, 5.41) is 0.826. The first-order valence-electron chi connectivity index (χ1n) is 12.4. The van der Waals surface area contributed by atoms with Crippen LogP contribution in [0.1, 0.15) is 49.5 Å². The van der Waals surface area contributed by atoms with Crippen molar-refractivity contribution in [3.63, 3.8) is 0 Å². The molecule has 1 unspecified atom stereocenters. The van der Waals surface area contributed by atoms with E-state index in [1.165, 1.54) is 37.8 Å². The predicted octanol–water partition coefficient (Wildman–Crippen LogP) is 5.97. The van der Waals surface area contributed by atoms with Crippen LogP contribution in [-0.2, 0) is 0 Å². The molecule has 1 aliphatic carbocycles. The molecule has 3 N–H and O–H groups in total. The number of carbonyl (C=O) groups is 1. The number of Topliss-reactive ketones (excluding diaryl/α,β-unsaturated/α-hetero) is 1. The Bertz CT molecular complexity index is 1300.